The Morgan fingerprint density at radius 3 is 2.07 bits per heavy atom. The quantitative estimate of drug-likeness (QED) is 0.754. The summed E-state index contributed by atoms with van der Waals surface area (Å²) in [6, 6.07) is 2.25. The van der Waals surface area contributed by atoms with E-state index < -0.39 is 0 Å². The highest BCUT2D eigenvalue weighted by Gasteiger charge is 2.09. The van der Waals surface area contributed by atoms with Crippen molar-refractivity contribution in [2.24, 2.45) is 5.73 Å². The van der Waals surface area contributed by atoms with Gasteiger partial charge >= 0.3 is 0 Å². The van der Waals surface area contributed by atoms with Crippen LogP contribution in [0.25, 0.3) is 0 Å². The maximum atomic E-state index is 8.58. The number of rotatable bonds is 2. The molecule has 0 aliphatic rings. The molecule has 1 amide bonds. The second-order valence-corrected chi connectivity index (χ2v) is 4.63. The van der Waals surface area contributed by atoms with Crippen LogP contribution in [0.15, 0.2) is 11.4 Å². The van der Waals surface area contributed by atoms with E-state index in [9.17, 15) is 0 Å². The summed E-state index contributed by atoms with van der Waals surface area (Å²) in [7, 11) is 0. The van der Waals surface area contributed by atoms with Crippen LogP contribution in [-0.2, 0) is 4.79 Å². The fraction of sp³-hybridized carbons (Fsp3) is 0.545. The summed E-state index contributed by atoms with van der Waals surface area (Å²) >= 11 is 1.89. The van der Waals surface area contributed by atoms with Crippen molar-refractivity contribution in [3.05, 3.63) is 21.9 Å². The lowest BCUT2D eigenvalue weighted by atomic mass is 9.99. The first-order valence-electron chi connectivity index (χ1n) is 4.77. The molecule has 0 saturated heterocycles. The molecule has 80 valence electrons. The largest absolute Gasteiger partial charge is 0.372 e. The second kappa shape index (κ2) is 6.60. The standard InChI is InChI=1S/C10H16S.CH3NO/c1-7(2)9-5-6-11-10(9)8(3)4;2-1-3/h5-8H,1-4H3;1H,(H2,2,3). The molecule has 0 saturated carbocycles. The Morgan fingerprint density at radius 2 is 1.79 bits per heavy atom. The maximum Gasteiger partial charge on any atom is 0.204 e. The minimum absolute atomic E-state index is 0.250. The van der Waals surface area contributed by atoms with Crippen molar-refractivity contribution < 1.29 is 4.79 Å². The zero-order valence-corrected chi connectivity index (χ0v) is 10.1. The minimum atomic E-state index is 0.250. The van der Waals surface area contributed by atoms with Gasteiger partial charge in [0.25, 0.3) is 0 Å². The molecule has 0 aliphatic carbocycles. The van der Waals surface area contributed by atoms with Crippen LogP contribution in [0, 0.1) is 0 Å². The SMILES string of the molecule is CC(C)c1ccsc1C(C)C.NC=O. The van der Waals surface area contributed by atoms with Gasteiger partial charge in [-0.3, -0.25) is 4.79 Å². The lowest BCUT2D eigenvalue weighted by Gasteiger charge is -2.08. The van der Waals surface area contributed by atoms with Crippen LogP contribution in [0.4, 0.5) is 0 Å². The molecule has 0 aromatic carbocycles. The van der Waals surface area contributed by atoms with Gasteiger partial charge in [-0.15, -0.1) is 11.3 Å². The Bertz CT molecular complexity index is 244. The molecule has 0 atom stereocenters. The topological polar surface area (TPSA) is 43.1 Å². The number of thiophene rings is 1. The molecule has 2 nitrogen and oxygen atoms in total. The van der Waals surface area contributed by atoms with Crippen LogP contribution in [0.1, 0.15) is 50.0 Å². The Kier molecular flexibility index (Phi) is 6.21. The molecular formula is C11H19NOS. The van der Waals surface area contributed by atoms with Crippen LogP contribution < -0.4 is 5.73 Å². The molecule has 0 bridgehead atoms. The molecule has 1 aromatic rings. The first-order chi connectivity index (χ1) is 6.54. The van der Waals surface area contributed by atoms with E-state index in [2.05, 4.69) is 44.9 Å². The Balaban J connectivity index is 0.000000500. The fourth-order valence-electron chi connectivity index (χ4n) is 1.28. The van der Waals surface area contributed by atoms with Crippen LogP contribution in [0.2, 0.25) is 0 Å². The molecule has 1 heterocycles. The third-order valence-electron chi connectivity index (χ3n) is 1.87. The van der Waals surface area contributed by atoms with Gasteiger partial charge in [0.2, 0.25) is 6.41 Å². The van der Waals surface area contributed by atoms with Gasteiger partial charge in [-0.05, 0) is 28.8 Å². The number of carbonyl (C=O) groups is 1. The van der Waals surface area contributed by atoms with Crippen molar-refractivity contribution >= 4 is 17.7 Å². The first kappa shape index (κ1) is 13.2. The monoisotopic (exact) mass is 213 g/mol. The smallest absolute Gasteiger partial charge is 0.204 e. The highest BCUT2D eigenvalue weighted by molar-refractivity contribution is 7.10. The van der Waals surface area contributed by atoms with E-state index in [1.807, 2.05) is 11.3 Å². The third kappa shape index (κ3) is 3.92. The second-order valence-electron chi connectivity index (χ2n) is 3.69. The average Bonchev–Trinajstić information content (AvgIpc) is 2.52. The number of amides is 1. The summed E-state index contributed by atoms with van der Waals surface area (Å²) < 4.78 is 0. The number of carbonyl (C=O) groups excluding carboxylic acids is 1. The lowest BCUT2D eigenvalue weighted by molar-refractivity contribution is -0.106. The average molecular weight is 213 g/mol. The van der Waals surface area contributed by atoms with Crippen LogP contribution >= 0.6 is 11.3 Å². The van der Waals surface area contributed by atoms with Gasteiger partial charge in [-0.1, -0.05) is 27.7 Å². The number of hydrogen-bond donors (Lipinski definition) is 1. The Labute approximate surface area is 90.1 Å². The van der Waals surface area contributed by atoms with E-state index in [0.717, 1.165) is 0 Å². The third-order valence-corrected chi connectivity index (χ3v) is 3.11. The molecule has 0 radical (unpaired) electrons. The molecule has 0 fully saturated rings. The molecule has 3 heteroatoms. The first-order valence-corrected chi connectivity index (χ1v) is 5.65. The minimum Gasteiger partial charge on any atom is -0.372 e. The van der Waals surface area contributed by atoms with Gasteiger partial charge < -0.3 is 5.73 Å². The van der Waals surface area contributed by atoms with E-state index >= 15 is 0 Å². The predicted octanol–water partition coefficient (Wildman–Crippen LogP) is 3.10. The van der Waals surface area contributed by atoms with Crippen molar-refractivity contribution in [1.29, 1.82) is 0 Å². The summed E-state index contributed by atoms with van der Waals surface area (Å²) in [5.74, 6) is 1.37. The van der Waals surface area contributed by atoms with Crippen LogP contribution in [-0.4, -0.2) is 6.41 Å². The molecular weight excluding hydrogens is 194 g/mol. The molecule has 0 aliphatic heterocycles. The predicted molar refractivity (Wildman–Crippen MR) is 62.7 cm³/mol. The summed E-state index contributed by atoms with van der Waals surface area (Å²) in [6.45, 7) is 9.04. The number of hydrogen-bond acceptors (Lipinski definition) is 2. The van der Waals surface area contributed by atoms with Crippen molar-refractivity contribution in [1.82, 2.24) is 0 Å². The van der Waals surface area contributed by atoms with E-state index in [-0.39, 0.29) is 6.41 Å². The fourth-order valence-corrected chi connectivity index (χ4v) is 2.35. The zero-order valence-electron chi connectivity index (χ0n) is 9.28. The summed E-state index contributed by atoms with van der Waals surface area (Å²) in [6.07, 6.45) is 0.250. The van der Waals surface area contributed by atoms with Gasteiger partial charge in [-0.25, -0.2) is 0 Å². The molecule has 1 aromatic heterocycles. The van der Waals surface area contributed by atoms with Crippen molar-refractivity contribution in [3.8, 4) is 0 Å². The molecule has 0 unspecified atom stereocenters. The highest BCUT2D eigenvalue weighted by atomic mass is 32.1. The van der Waals surface area contributed by atoms with Crippen LogP contribution in [0.5, 0.6) is 0 Å². The summed E-state index contributed by atoms with van der Waals surface area (Å²) in [4.78, 5) is 10.1. The van der Waals surface area contributed by atoms with Gasteiger partial charge in [0, 0.05) is 4.88 Å². The van der Waals surface area contributed by atoms with E-state index in [1.165, 1.54) is 5.56 Å². The molecule has 0 spiro atoms. The van der Waals surface area contributed by atoms with Crippen molar-refractivity contribution in [3.63, 3.8) is 0 Å². The molecule has 2 N–H and O–H groups in total. The van der Waals surface area contributed by atoms with Gasteiger partial charge in [0.05, 0.1) is 0 Å². The van der Waals surface area contributed by atoms with E-state index in [1.54, 1.807) is 4.88 Å². The Morgan fingerprint density at radius 1 is 1.29 bits per heavy atom. The zero-order chi connectivity index (χ0) is 11.1. The van der Waals surface area contributed by atoms with Crippen LogP contribution in [0.3, 0.4) is 0 Å². The number of nitrogens with two attached hydrogens (primary N) is 1. The van der Waals surface area contributed by atoms with Gasteiger partial charge in [0.15, 0.2) is 0 Å². The maximum absolute atomic E-state index is 8.58. The highest BCUT2D eigenvalue weighted by Crippen LogP contribution is 2.30. The van der Waals surface area contributed by atoms with Gasteiger partial charge in [-0.2, -0.15) is 0 Å². The van der Waals surface area contributed by atoms with Crippen molar-refractivity contribution in [2.75, 3.05) is 0 Å². The van der Waals surface area contributed by atoms with Gasteiger partial charge in [0.1, 0.15) is 0 Å². The number of primary amides is 1. The summed E-state index contributed by atoms with van der Waals surface area (Å²) in [5, 5.41) is 2.20. The van der Waals surface area contributed by atoms with Crippen molar-refractivity contribution in [2.45, 2.75) is 39.5 Å². The molecule has 1 rings (SSSR count). The molecule has 14 heavy (non-hydrogen) atoms. The van der Waals surface area contributed by atoms with E-state index in [4.69, 9.17) is 4.79 Å². The normalized spacial score (nSPS) is 9.86. The lowest BCUT2D eigenvalue weighted by Crippen LogP contribution is -1.91. The Hall–Kier alpha value is -0.830. The summed E-state index contributed by atoms with van der Waals surface area (Å²) in [5.41, 5.74) is 5.70. The van der Waals surface area contributed by atoms with E-state index in [0.29, 0.717) is 11.8 Å².